The van der Waals surface area contributed by atoms with Gasteiger partial charge in [0.1, 0.15) is 18.5 Å². The molecule has 1 fully saturated rings. The summed E-state index contributed by atoms with van der Waals surface area (Å²) in [6, 6.07) is 17.9. The third kappa shape index (κ3) is 4.68. The number of nitrogens with one attached hydrogen (secondary N) is 2. The summed E-state index contributed by atoms with van der Waals surface area (Å²) in [7, 11) is 0. The predicted octanol–water partition coefficient (Wildman–Crippen LogP) is 4.00. The molecule has 0 spiro atoms. The summed E-state index contributed by atoms with van der Waals surface area (Å²) >= 11 is 0. The topological polar surface area (TPSA) is 105 Å². The van der Waals surface area contributed by atoms with E-state index in [0.717, 1.165) is 11.1 Å². The molecule has 2 aliphatic heterocycles. The van der Waals surface area contributed by atoms with Crippen LogP contribution in [0.3, 0.4) is 0 Å². The van der Waals surface area contributed by atoms with Crippen molar-refractivity contribution in [1.29, 1.82) is 0 Å². The van der Waals surface area contributed by atoms with Crippen LogP contribution in [0.15, 0.2) is 66.7 Å². The number of hydrogen-bond acceptors (Lipinski definition) is 5. The van der Waals surface area contributed by atoms with Crippen molar-refractivity contribution < 1.29 is 28.3 Å². The van der Waals surface area contributed by atoms with Gasteiger partial charge in [-0.25, -0.2) is 9.18 Å². The molecule has 1 saturated heterocycles. The van der Waals surface area contributed by atoms with Gasteiger partial charge in [0.15, 0.2) is 0 Å². The van der Waals surface area contributed by atoms with Crippen molar-refractivity contribution in [2.45, 2.75) is 32.0 Å². The number of halogens is 1. The Kier molecular flexibility index (Phi) is 6.20. The van der Waals surface area contributed by atoms with E-state index in [1.807, 2.05) is 18.2 Å². The summed E-state index contributed by atoms with van der Waals surface area (Å²) < 4.78 is 19.8. The molecule has 2 N–H and O–H groups in total. The second kappa shape index (κ2) is 9.61. The quantitative estimate of drug-likeness (QED) is 0.530. The van der Waals surface area contributed by atoms with E-state index in [-0.39, 0.29) is 43.5 Å². The predicted molar refractivity (Wildman–Crippen MR) is 128 cm³/mol. The Morgan fingerprint density at radius 2 is 1.83 bits per heavy atom. The largest absolute Gasteiger partial charge is 0.444 e. The van der Waals surface area contributed by atoms with Crippen molar-refractivity contribution in [3.8, 4) is 11.1 Å². The summed E-state index contributed by atoms with van der Waals surface area (Å²) in [5, 5.41) is 4.78. The molecule has 0 aliphatic carbocycles. The Bertz CT molecular complexity index is 1380. The number of carbonyl (C=O) groups is 4. The molecule has 182 valence electrons. The first-order valence-electron chi connectivity index (χ1n) is 11.4. The Labute approximate surface area is 206 Å². The summed E-state index contributed by atoms with van der Waals surface area (Å²) in [6.45, 7) is 0.169. The third-order valence-corrected chi connectivity index (χ3v) is 6.26. The lowest BCUT2D eigenvalue weighted by Crippen LogP contribution is -2.52. The molecule has 36 heavy (non-hydrogen) atoms. The van der Waals surface area contributed by atoms with E-state index < -0.39 is 23.9 Å². The highest BCUT2D eigenvalue weighted by Gasteiger charge is 2.39. The maximum Gasteiger partial charge on any atom is 0.411 e. The molecule has 8 nitrogen and oxygen atoms in total. The van der Waals surface area contributed by atoms with Crippen LogP contribution in [0.5, 0.6) is 0 Å². The summed E-state index contributed by atoms with van der Waals surface area (Å²) in [4.78, 5) is 50.2. The molecule has 4 amide bonds. The van der Waals surface area contributed by atoms with Crippen LogP contribution in [0.1, 0.15) is 34.3 Å². The number of amides is 4. The van der Waals surface area contributed by atoms with Gasteiger partial charge in [0.2, 0.25) is 11.8 Å². The zero-order valence-corrected chi connectivity index (χ0v) is 19.1. The van der Waals surface area contributed by atoms with Crippen LogP contribution in [0.25, 0.3) is 11.1 Å². The van der Waals surface area contributed by atoms with E-state index in [9.17, 15) is 23.6 Å². The first kappa shape index (κ1) is 23.2. The van der Waals surface area contributed by atoms with Crippen molar-refractivity contribution in [2.24, 2.45) is 0 Å². The van der Waals surface area contributed by atoms with Crippen LogP contribution in [0.4, 0.5) is 14.9 Å². The van der Waals surface area contributed by atoms with Gasteiger partial charge in [-0.1, -0.05) is 42.5 Å². The van der Waals surface area contributed by atoms with Gasteiger partial charge in [-0.2, -0.15) is 0 Å². The van der Waals surface area contributed by atoms with Crippen molar-refractivity contribution in [3.05, 3.63) is 89.2 Å². The maximum absolute atomic E-state index is 14.5. The molecule has 2 aliphatic rings. The van der Waals surface area contributed by atoms with E-state index in [1.165, 1.54) is 11.0 Å². The number of ether oxygens (including phenoxy) is 1. The molecule has 0 aromatic heterocycles. The van der Waals surface area contributed by atoms with Crippen molar-refractivity contribution in [1.82, 2.24) is 10.2 Å². The number of carbonyl (C=O) groups excluding carboxylic acids is 4. The SMILES string of the molecule is O=C1CCC(N2Cc3ccc(COC(=O)Nc4ccc(-c5ccccc5)c(F)c4)cc3C2=O)C(=O)N1. The van der Waals surface area contributed by atoms with E-state index in [4.69, 9.17) is 4.74 Å². The highest BCUT2D eigenvalue weighted by atomic mass is 19.1. The van der Waals surface area contributed by atoms with Crippen molar-refractivity contribution in [3.63, 3.8) is 0 Å². The highest BCUT2D eigenvalue weighted by molar-refractivity contribution is 6.05. The molecule has 3 aromatic carbocycles. The molecule has 1 atom stereocenters. The van der Waals surface area contributed by atoms with Crippen LogP contribution in [0, 0.1) is 5.82 Å². The zero-order valence-electron chi connectivity index (χ0n) is 19.1. The fourth-order valence-corrected chi connectivity index (χ4v) is 4.44. The number of imide groups is 1. The minimum Gasteiger partial charge on any atom is -0.444 e. The van der Waals surface area contributed by atoms with E-state index in [0.29, 0.717) is 16.7 Å². The molecule has 0 bridgehead atoms. The second-order valence-corrected chi connectivity index (χ2v) is 8.65. The molecule has 2 heterocycles. The number of benzene rings is 3. The van der Waals surface area contributed by atoms with Crippen LogP contribution >= 0.6 is 0 Å². The number of nitrogens with zero attached hydrogens (tertiary/aromatic N) is 1. The number of hydrogen-bond donors (Lipinski definition) is 2. The Morgan fingerprint density at radius 1 is 1.03 bits per heavy atom. The Morgan fingerprint density at radius 3 is 2.58 bits per heavy atom. The first-order chi connectivity index (χ1) is 17.4. The summed E-state index contributed by atoms with van der Waals surface area (Å²) in [5.41, 5.74) is 3.18. The average Bonchev–Trinajstić information content (AvgIpc) is 3.19. The molecule has 0 radical (unpaired) electrons. The van der Waals surface area contributed by atoms with Gasteiger partial charge in [0.25, 0.3) is 5.91 Å². The first-order valence-corrected chi connectivity index (χ1v) is 11.4. The lowest BCUT2D eigenvalue weighted by Gasteiger charge is -2.29. The standard InChI is InChI=1S/C27H22FN3O5/c28-22-13-19(8-9-20(22)17-4-2-1-3-5-17)29-27(35)36-15-16-6-7-18-14-31(26(34)21(18)12-16)23-10-11-24(32)30-25(23)33/h1-9,12-13,23H,10-11,14-15H2,(H,29,35)(H,30,32,33). The number of fused-ring (bicyclic) bond motifs is 1. The van der Waals surface area contributed by atoms with Crippen molar-refractivity contribution in [2.75, 3.05) is 5.32 Å². The average molecular weight is 487 g/mol. The lowest BCUT2D eigenvalue weighted by atomic mass is 10.0. The number of anilines is 1. The normalized spacial score (nSPS) is 17.0. The Balaban J connectivity index is 1.20. The molecule has 5 rings (SSSR count). The summed E-state index contributed by atoms with van der Waals surface area (Å²) in [6.07, 6.45) is -0.296. The molecule has 0 saturated carbocycles. The zero-order chi connectivity index (χ0) is 25.2. The fourth-order valence-electron chi connectivity index (χ4n) is 4.44. The second-order valence-electron chi connectivity index (χ2n) is 8.65. The van der Waals surface area contributed by atoms with Gasteiger partial charge < -0.3 is 9.64 Å². The molecule has 3 aromatic rings. The fraction of sp³-hybridized carbons (Fsp3) is 0.185. The Hall–Kier alpha value is -4.53. The minimum atomic E-state index is -0.765. The van der Waals surface area contributed by atoms with E-state index in [2.05, 4.69) is 10.6 Å². The summed E-state index contributed by atoms with van der Waals surface area (Å²) in [5.74, 6) is -1.59. The van der Waals surface area contributed by atoms with Gasteiger partial charge in [0.05, 0.1) is 0 Å². The van der Waals surface area contributed by atoms with Crippen LogP contribution < -0.4 is 10.6 Å². The molecular weight excluding hydrogens is 465 g/mol. The van der Waals surface area contributed by atoms with Gasteiger partial charge in [-0.05, 0) is 47.4 Å². The highest BCUT2D eigenvalue weighted by Crippen LogP contribution is 2.29. The molecule has 1 unspecified atom stereocenters. The number of piperidine rings is 1. The van der Waals surface area contributed by atoms with E-state index in [1.54, 1.807) is 42.5 Å². The van der Waals surface area contributed by atoms with Gasteiger partial charge in [0, 0.05) is 29.8 Å². The van der Waals surface area contributed by atoms with E-state index >= 15 is 0 Å². The van der Waals surface area contributed by atoms with Crippen LogP contribution in [-0.2, 0) is 27.5 Å². The van der Waals surface area contributed by atoms with Crippen LogP contribution in [0.2, 0.25) is 0 Å². The monoisotopic (exact) mass is 487 g/mol. The van der Waals surface area contributed by atoms with Gasteiger partial charge >= 0.3 is 6.09 Å². The van der Waals surface area contributed by atoms with Gasteiger partial charge in [-0.15, -0.1) is 0 Å². The maximum atomic E-state index is 14.5. The molecule has 9 heteroatoms. The number of rotatable bonds is 5. The van der Waals surface area contributed by atoms with Gasteiger partial charge in [-0.3, -0.25) is 25.0 Å². The molecular formula is C27H22FN3O5. The van der Waals surface area contributed by atoms with Crippen LogP contribution in [-0.4, -0.2) is 34.8 Å². The lowest BCUT2D eigenvalue weighted by molar-refractivity contribution is -0.136. The third-order valence-electron chi connectivity index (χ3n) is 6.26. The van der Waals surface area contributed by atoms with Crippen molar-refractivity contribution >= 4 is 29.5 Å². The smallest absolute Gasteiger partial charge is 0.411 e. The minimum absolute atomic E-state index is 0.102.